The lowest BCUT2D eigenvalue weighted by Crippen LogP contribution is -2.39. The zero-order valence-corrected chi connectivity index (χ0v) is 15.8. The van der Waals surface area contributed by atoms with Gasteiger partial charge in [-0.05, 0) is 25.3 Å². The maximum Gasteiger partial charge on any atom is 0.220 e. The van der Waals surface area contributed by atoms with Crippen LogP contribution in [0.4, 0.5) is 5.82 Å². The number of carbonyl (C=O) groups is 1. The van der Waals surface area contributed by atoms with E-state index in [0.717, 1.165) is 50.3 Å². The second-order valence-corrected chi connectivity index (χ2v) is 6.84. The zero-order chi connectivity index (χ0) is 18.8. The Bertz CT molecular complexity index is 595. The van der Waals surface area contributed by atoms with Crippen molar-refractivity contribution in [2.75, 3.05) is 24.5 Å². The highest BCUT2D eigenvalue weighted by molar-refractivity contribution is 5.78. The van der Waals surface area contributed by atoms with E-state index in [1.807, 2.05) is 12.1 Å². The summed E-state index contributed by atoms with van der Waals surface area (Å²) in [7, 11) is 0. The average Bonchev–Trinajstić information content (AvgIpc) is 2.66. The van der Waals surface area contributed by atoms with Crippen LogP contribution >= 0.6 is 0 Å². The van der Waals surface area contributed by atoms with E-state index in [1.54, 1.807) is 6.20 Å². The Kier molecular flexibility index (Phi) is 8.18. The predicted molar refractivity (Wildman–Crippen MR) is 106 cm³/mol. The molecular formula is C19H32N6O. The fourth-order valence-corrected chi connectivity index (χ4v) is 3.21. The molecule has 0 bridgehead atoms. The van der Waals surface area contributed by atoms with Gasteiger partial charge in [0.1, 0.15) is 5.82 Å². The van der Waals surface area contributed by atoms with Crippen LogP contribution in [0.5, 0.6) is 0 Å². The number of nitrogens with two attached hydrogens (primary N) is 2. The van der Waals surface area contributed by atoms with Crippen LogP contribution in [0.1, 0.15) is 51.0 Å². The van der Waals surface area contributed by atoms with E-state index in [-0.39, 0.29) is 11.8 Å². The number of nitrogens with zero attached hydrogens (tertiary/aromatic N) is 3. The summed E-state index contributed by atoms with van der Waals surface area (Å²) in [6, 6.07) is 3.94. The van der Waals surface area contributed by atoms with Crippen LogP contribution in [0.3, 0.4) is 0 Å². The molecule has 0 aliphatic carbocycles. The van der Waals surface area contributed by atoms with E-state index in [9.17, 15) is 4.79 Å². The van der Waals surface area contributed by atoms with Crippen LogP contribution in [-0.4, -0.2) is 36.5 Å². The zero-order valence-electron chi connectivity index (χ0n) is 15.8. The van der Waals surface area contributed by atoms with Gasteiger partial charge < -0.3 is 21.7 Å². The largest absolute Gasteiger partial charge is 0.370 e. The number of hydrogen-bond acceptors (Lipinski definition) is 4. The third kappa shape index (κ3) is 6.20. The number of carbonyl (C=O) groups excluding carboxylic acids is 1. The molecule has 26 heavy (non-hydrogen) atoms. The lowest BCUT2D eigenvalue weighted by molar-refractivity contribution is -0.122. The molecule has 0 aromatic carbocycles. The normalized spacial score (nSPS) is 15.9. The van der Waals surface area contributed by atoms with Crippen molar-refractivity contribution in [1.29, 1.82) is 0 Å². The number of piperidine rings is 1. The number of pyridine rings is 1. The Morgan fingerprint density at radius 3 is 2.77 bits per heavy atom. The molecule has 7 nitrogen and oxygen atoms in total. The number of aliphatic imine (C=N–C) groups is 1. The Hall–Kier alpha value is -2.31. The van der Waals surface area contributed by atoms with E-state index in [0.29, 0.717) is 12.5 Å². The van der Waals surface area contributed by atoms with Gasteiger partial charge in [-0.15, -0.1) is 0 Å². The second-order valence-electron chi connectivity index (χ2n) is 6.84. The highest BCUT2D eigenvalue weighted by Gasteiger charge is 2.24. The first-order chi connectivity index (χ1) is 12.6. The van der Waals surface area contributed by atoms with Crippen molar-refractivity contribution in [3.05, 3.63) is 23.9 Å². The molecule has 2 heterocycles. The first-order valence-electron chi connectivity index (χ1n) is 9.63. The molecule has 1 fully saturated rings. The third-order valence-corrected chi connectivity index (χ3v) is 4.82. The van der Waals surface area contributed by atoms with Gasteiger partial charge in [0.15, 0.2) is 5.96 Å². The molecule has 0 atom stereocenters. The summed E-state index contributed by atoms with van der Waals surface area (Å²) in [4.78, 5) is 22.5. The van der Waals surface area contributed by atoms with Crippen molar-refractivity contribution in [2.24, 2.45) is 22.4 Å². The van der Waals surface area contributed by atoms with E-state index < -0.39 is 0 Å². The minimum Gasteiger partial charge on any atom is -0.370 e. The fraction of sp³-hybridized carbons (Fsp3) is 0.632. The molecule has 144 valence electrons. The number of guanidine groups is 1. The first-order valence-corrected chi connectivity index (χ1v) is 9.63. The second kappa shape index (κ2) is 10.6. The van der Waals surface area contributed by atoms with Gasteiger partial charge in [0, 0.05) is 37.3 Å². The van der Waals surface area contributed by atoms with Crippen molar-refractivity contribution < 1.29 is 4.79 Å². The standard InChI is InChI=1S/C19H32N6O/c1-2-3-4-5-10-23-19(21)24-14-16-7-6-11-22-18(16)25-12-8-15(9-13-25)17(20)26/h6-7,11,15H,2-5,8-10,12-14H2,1H3,(H2,20,26)(H3,21,23,24). The maximum absolute atomic E-state index is 11.3. The van der Waals surface area contributed by atoms with Crippen molar-refractivity contribution in [2.45, 2.75) is 52.0 Å². The molecule has 1 saturated heterocycles. The molecule has 7 heteroatoms. The van der Waals surface area contributed by atoms with Gasteiger partial charge in [-0.25, -0.2) is 9.98 Å². The van der Waals surface area contributed by atoms with Crippen LogP contribution in [0.25, 0.3) is 0 Å². The summed E-state index contributed by atoms with van der Waals surface area (Å²) in [6.45, 7) is 5.12. The molecular weight excluding hydrogens is 328 g/mol. The Balaban J connectivity index is 1.88. The van der Waals surface area contributed by atoms with E-state index in [4.69, 9.17) is 11.5 Å². The molecule has 0 saturated carbocycles. The minimum atomic E-state index is -0.201. The summed E-state index contributed by atoms with van der Waals surface area (Å²) < 4.78 is 0. The van der Waals surface area contributed by atoms with Crippen molar-refractivity contribution in [3.63, 3.8) is 0 Å². The summed E-state index contributed by atoms with van der Waals surface area (Å²) in [5.74, 6) is 1.18. The van der Waals surface area contributed by atoms with Gasteiger partial charge in [0.05, 0.1) is 6.54 Å². The van der Waals surface area contributed by atoms with Crippen LogP contribution in [-0.2, 0) is 11.3 Å². The molecule has 1 aromatic rings. The SMILES string of the molecule is CCCCCCNC(N)=NCc1cccnc1N1CCC(C(N)=O)CC1. The molecule has 5 N–H and O–H groups in total. The smallest absolute Gasteiger partial charge is 0.220 e. The van der Waals surface area contributed by atoms with Crippen LogP contribution < -0.4 is 21.7 Å². The highest BCUT2D eigenvalue weighted by Crippen LogP contribution is 2.24. The highest BCUT2D eigenvalue weighted by atomic mass is 16.1. The molecule has 1 aliphatic heterocycles. The number of rotatable bonds is 9. The van der Waals surface area contributed by atoms with Crippen LogP contribution in [0.2, 0.25) is 0 Å². The Labute approximate surface area is 156 Å². The Morgan fingerprint density at radius 2 is 2.08 bits per heavy atom. The molecule has 0 spiro atoms. The molecule has 1 aliphatic rings. The molecule has 0 radical (unpaired) electrons. The first kappa shape index (κ1) is 20.0. The number of nitrogens with one attached hydrogen (secondary N) is 1. The van der Waals surface area contributed by atoms with Crippen LogP contribution in [0.15, 0.2) is 23.3 Å². The van der Waals surface area contributed by atoms with Gasteiger partial charge in [-0.2, -0.15) is 0 Å². The molecule has 2 rings (SSSR count). The summed E-state index contributed by atoms with van der Waals surface area (Å²) in [6.07, 6.45) is 8.14. The molecule has 1 aromatic heterocycles. The van der Waals surface area contributed by atoms with Gasteiger partial charge in [-0.3, -0.25) is 4.79 Å². The predicted octanol–water partition coefficient (Wildman–Crippen LogP) is 1.77. The number of anilines is 1. The van der Waals surface area contributed by atoms with E-state index in [2.05, 4.69) is 27.1 Å². The van der Waals surface area contributed by atoms with Gasteiger partial charge in [0.2, 0.25) is 5.91 Å². The maximum atomic E-state index is 11.3. The monoisotopic (exact) mass is 360 g/mol. The van der Waals surface area contributed by atoms with Crippen molar-refractivity contribution in [1.82, 2.24) is 10.3 Å². The van der Waals surface area contributed by atoms with Gasteiger partial charge in [0.25, 0.3) is 0 Å². The Morgan fingerprint density at radius 1 is 1.31 bits per heavy atom. The average molecular weight is 361 g/mol. The molecule has 0 unspecified atom stereocenters. The van der Waals surface area contributed by atoms with Crippen LogP contribution in [0, 0.1) is 5.92 Å². The summed E-state index contributed by atoms with van der Waals surface area (Å²) in [5.41, 5.74) is 12.4. The van der Waals surface area contributed by atoms with Crippen molar-refractivity contribution in [3.8, 4) is 0 Å². The topological polar surface area (TPSA) is 110 Å². The lowest BCUT2D eigenvalue weighted by Gasteiger charge is -2.32. The molecule has 1 amide bonds. The fourth-order valence-electron chi connectivity index (χ4n) is 3.21. The number of hydrogen-bond donors (Lipinski definition) is 3. The summed E-state index contributed by atoms with van der Waals surface area (Å²) >= 11 is 0. The number of primary amides is 1. The quantitative estimate of drug-likeness (QED) is 0.353. The lowest BCUT2D eigenvalue weighted by atomic mass is 9.96. The van der Waals surface area contributed by atoms with Crippen molar-refractivity contribution >= 4 is 17.7 Å². The number of unbranched alkanes of at least 4 members (excludes halogenated alkanes) is 3. The van der Waals surface area contributed by atoms with E-state index in [1.165, 1.54) is 19.3 Å². The third-order valence-electron chi connectivity index (χ3n) is 4.82. The summed E-state index contributed by atoms with van der Waals surface area (Å²) in [5, 5.41) is 3.17. The number of amides is 1. The van der Waals surface area contributed by atoms with E-state index >= 15 is 0 Å². The van der Waals surface area contributed by atoms with Gasteiger partial charge in [-0.1, -0.05) is 32.3 Å². The van der Waals surface area contributed by atoms with Gasteiger partial charge >= 0.3 is 0 Å². The minimum absolute atomic E-state index is 0.0241. The number of aromatic nitrogens is 1.